The minimum atomic E-state index is -4.52. The zero-order chi connectivity index (χ0) is 23.0. The maximum Gasteiger partial charge on any atom is 0.417 e. The molecule has 4 rings (SSSR count). The van der Waals surface area contributed by atoms with Gasteiger partial charge < -0.3 is 9.88 Å². The van der Waals surface area contributed by atoms with E-state index in [4.69, 9.17) is 0 Å². The summed E-state index contributed by atoms with van der Waals surface area (Å²) in [5.41, 5.74) is 0.753. The Balaban J connectivity index is 1.77. The van der Waals surface area contributed by atoms with Crippen molar-refractivity contribution in [2.75, 3.05) is 11.6 Å². The van der Waals surface area contributed by atoms with Gasteiger partial charge in [0.2, 0.25) is 0 Å². The van der Waals surface area contributed by atoms with E-state index >= 15 is 0 Å². The van der Waals surface area contributed by atoms with E-state index in [1.165, 1.54) is 30.0 Å². The van der Waals surface area contributed by atoms with Crippen LogP contribution in [0, 0.1) is 12.7 Å². The molecule has 0 spiro atoms. The molecule has 1 aliphatic rings. The van der Waals surface area contributed by atoms with Crippen LogP contribution in [0.4, 0.5) is 23.2 Å². The summed E-state index contributed by atoms with van der Waals surface area (Å²) in [7, 11) is 0. The van der Waals surface area contributed by atoms with Crippen molar-refractivity contribution in [3.05, 3.63) is 71.2 Å². The minimum Gasteiger partial charge on any atom is -0.343 e. The lowest BCUT2D eigenvalue weighted by Crippen LogP contribution is -2.18. The SMILES string of the molecule is CSc1ccc(NC(=O)c2cn(C3CCC3)c(-c3ccccc3C(F)(F)F)c2C)cc1F. The van der Waals surface area contributed by atoms with Crippen LogP contribution in [-0.2, 0) is 6.18 Å². The van der Waals surface area contributed by atoms with Gasteiger partial charge in [-0.3, -0.25) is 4.79 Å². The van der Waals surface area contributed by atoms with Crippen molar-refractivity contribution in [3.63, 3.8) is 0 Å². The predicted octanol–water partition coefficient (Wildman–Crippen LogP) is 7.32. The lowest BCUT2D eigenvalue weighted by molar-refractivity contribution is -0.137. The van der Waals surface area contributed by atoms with Gasteiger partial charge in [0.05, 0.1) is 16.8 Å². The molecular formula is C24H22F4N2OS. The van der Waals surface area contributed by atoms with Gasteiger partial charge in [-0.1, -0.05) is 18.2 Å². The number of carbonyl (C=O) groups is 1. The number of thioether (sulfide) groups is 1. The highest BCUT2D eigenvalue weighted by atomic mass is 32.2. The van der Waals surface area contributed by atoms with Gasteiger partial charge in [-0.15, -0.1) is 11.8 Å². The number of anilines is 1. The van der Waals surface area contributed by atoms with E-state index in [1.54, 1.807) is 42.1 Å². The monoisotopic (exact) mass is 462 g/mol. The molecule has 0 atom stereocenters. The first-order valence-corrected chi connectivity index (χ1v) is 11.5. The van der Waals surface area contributed by atoms with Crippen molar-refractivity contribution in [2.45, 2.75) is 43.3 Å². The summed E-state index contributed by atoms with van der Waals surface area (Å²) in [4.78, 5) is 13.5. The van der Waals surface area contributed by atoms with Gasteiger partial charge >= 0.3 is 6.18 Å². The predicted molar refractivity (Wildman–Crippen MR) is 119 cm³/mol. The van der Waals surface area contributed by atoms with Gasteiger partial charge in [0.1, 0.15) is 5.82 Å². The van der Waals surface area contributed by atoms with Gasteiger partial charge in [-0.2, -0.15) is 13.2 Å². The second-order valence-electron chi connectivity index (χ2n) is 7.86. The first-order chi connectivity index (χ1) is 15.2. The third-order valence-electron chi connectivity index (χ3n) is 5.90. The molecule has 3 aromatic rings. The number of aromatic nitrogens is 1. The number of rotatable bonds is 5. The van der Waals surface area contributed by atoms with Crippen molar-refractivity contribution in [2.24, 2.45) is 0 Å². The average molecular weight is 463 g/mol. The van der Waals surface area contributed by atoms with E-state index in [1.807, 2.05) is 0 Å². The van der Waals surface area contributed by atoms with Crippen molar-refractivity contribution < 1.29 is 22.4 Å². The number of nitrogens with one attached hydrogen (secondary N) is 1. The van der Waals surface area contributed by atoms with Crippen LogP contribution in [0.25, 0.3) is 11.3 Å². The Morgan fingerprint density at radius 2 is 1.88 bits per heavy atom. The normalized spacial score (nSPS) is 14.3. The fourth-order valence-electron chi connectivity index (χ4n) is 4.02. The standard InChI is InChI=1S/C24H22F4N2OS/c1-14-18(23(31)29-15-10-11-21(32-2)20(25)12-15)13-30(16-6-5-7-16)22(14)17-8-3-4-9-19(17)24(26,27)28/h3-4,8-13,16H,5-7H2,1-2H3,(H,29,31). The zero-order valence-corrected chi connectivity index (χ0v) is 18.4. The molecule has 2 aromatic carbocycles. The fourth-order valence-corrected chi connectivity index (χ4v) is 4.48. The summed E-state index contributed by atoms with van der Waals surface area (Å²) in [5, 5.41) is 2.68. The van der Waals surface area contributed by atoms with E-state index in [9.17, 15) is 22.4 Å². The second kappa shape index (κ2) is 8.65. The Morgan fingerprint density at radius 3 is 2.47 bits per heavy atom. The molecule has 1 amide bonds. The van der Waals surface area contributed by atoms with Crippen molar-refractivity contribution >= 4 is 23.4 Å². The lowest BCUT2D eigenvalue weighted by Gasteiger charge is -2.30. The van der Waals surface area contributed by atoms with Crippen LogP contribution in [0.3, 0.4) is 0 Å². The Morgan fingerprint density at radius 1 is 1.16 bits per heavy atom. The van der Waals surface area contributed by atoms with Gasteiger partial charge in [0.15, 0.2) is 0 Å². The number of amides is 1. The van der Waals surface area contributed by atoms with E-state index in [0.29, 0.717) is 21.8 Å². The van der Waals surface area contributed by atoms with Gasteiger partial charge in [0.25, 0.3) is 5.91 Å². The topological polar surface area (TPSA) is 34.0 Å². The van der Waals surface area contributed by atoms with Crippen molar-refractivity contribution in [1.29, 1.82) is 0 Å². The molecule has 1 fully saturated rings. The Kier molecular flexibility index (Phi) is 6.07. The largest absolute Gasteiger partial charge is 0.417 e. The zero-order valence-electron chi connectivity index (χ0n) is 17.6. The Labute approximate surface area is 187 Å². The number of halogens is 4. The van der Waals surface area contributed by atoms with E-state index in [2.05, 4.69) is 5.32 Å². The second-order valence-corrected chi connectivity index (χ2v) is 8.70. The van der Waals surface area contributed by atoms with Crippen LogP contribution in [0.15, 0.2) is 53.6 Å². The molecule has 1 aliphatic carbocycles. The number of hydrogen-bond acceptors (Lipinski definition) is 2. The first kappa shape index (κ1) is 22.5. The van der Waals surface area contributed by atoms with Crippen molar-refractivity contribution in [3.8, 4) is 11.3 Å². The number of hydrogen-bond donors (Lipinski definition) is 1. The summed E-state index contributed by atoms with van der Waals surface area (Å²) in [5.74, 6) is -0.929. The molecule has 0 saturated heterocycles. The molecule has 1 heterocycles. The first-order valence-electron chi connectivity index (χ1n) is 10.2. The average Bonchev–Trinajstić information content (AvgIpc) is 3.03. The van der Waals surface area contributed by atoms with Gasteiger partial charge in [-0.05, 0) is 62.3 Å². The molecule has 0 unspecified atom stereocenters. The lowest BCUT2D eigenvalue weighted by atomic mass is 9.91. The molecule has 8 heteroatoms. The third kappa shape index (κ3) is 4.16. The van der Waals surface area contributed by atoms with E-state index < -0.39 is 23.5 Å². The molecular weight excluding hydrogens is 440 g/mol. The Hall–Kier alpha value is -2.74. The maximum atomic E-state index is 14.1. The molecule has 32 heavy (non-hydrogen) atoms. The number of alkyl halides is 3. The van der Waals surface area contributed by atoms with E-state index in [-0.39, 0.29) is 17.2 Å². The molecule has 3 nitrogen and oxygen atoms in total. The van der Waals surface area contributed by atoms with Crippen LogP contribution in [0.2, 0.25) is 0 Å². The molecule has 0 aliphatic heterocycles. The molecule has 1 N–H and O–H groups in total. The highest BCUT2D eigenvalue weighted by Crippen LogP contribution is 2.43. The quantitative estimate of drug-likeness (QED) is 0.318. The van der Waals surface area contributed by atoms with Crippen molar-refractivity contribution in [1.82, 2.24) is 4.57 Å². The molecule has 168 valence electrons. The van der Waals surface area contributed by atoms with Gasteiger partial charge in [0, 0.05) is 28.4 Å². The smallest absolute Gasteiger partial charge is 0.343 e. The number of nitrogens with zero attached hydrogens (tertiary/aromatic N) is 1. The highest BCUT2D eigenvalue weighted by molar-refractivity contribution is 7.98. The molecule has 0 bridgehead atoms. The maximum absolute atomic E-state index is 14.1. The summed E-state index contributed by atoms with van der Waals surface area (Å²) >= 11 is 1.26. The van der Waals surface area contributed by atoms with E-state index in [0.717, 1.165) is 25.3 Å². The molecule has 1 saturated carbocycles. The third-order valence-corrected chi connectivity index (χ3v) is 6.67. The van der Waals surface area contributed by atoms with Crippen LogP contribution < -0.4 is 5.32 Å². The summed E-state index contributed by atoms with van der Waals surface area (Å²) in [6.07, 6.45) is 1.55. The van der Waals surface area contributed by atoms with Crippen LogP contribution in [-0.4, -0.2) is 16.7 Å². The number of benzene rings is 2. The van der Waals surface area contributed by atoms with Crippen LogP contribution >= 0.6 is 11.8 Å². The molecule has 1 aromatic heterocycles. The van der Waals surface area contributed by atoms with Crippen LogP contribution in [0.5, 0.6) is 0 Å². The molecule has 0 radical (unpaired) electrons. The fraction of sp³-hybridized carbons (Fsp3) is 0.292. The minimum absolute atomic E-state index is 0.0462. The summed E-state index contributed by atoms with van der Waals surface area (Å²) in [6, 6.07) is 9.89. The number of carbonyl (C=O) groups excluding carboxylic acids is 1. The highest BCUT2D eigenvalue weighted by Gasteiger charge is 2.36. The summed E-state index contributed by atoms with van der Waals surface area (Å²) < 4.78 is 57.1. The van der Waals surface area contributed by atoms with Gasteiger partial charge in [-0.25, -0.2) is 4.39 Å². The summed E-state index contributed by atoms with van der Waals surface area (Å²) in [6.45, 7) is 1.66. The van der Waals surface area contributed by atoms with Crippen LogP contribution in [0.1, 0.15) is 46.8 Å². The Bertz CT molecular complexity index is 1170.